The number of hydrogen-bond acceptors (Lipinski definition) is 6. The lowest BCUT2D eigenvalue weighted by Crippen LogP contribution is -2.43. The lowest BCUT2D eigenvalue weighted by Gasteiger charge is -2.11. The summed E-state index contributed by atoms with van der Waals surface area (Å²) in [6, 6.07) is 10.5. The lowest BCUT2D eigenvalue weighted by molar-refractivity contribution is -0.123. The predicted molar refractivity (Wildman–Crippen MR) is 93.7 cm³/mol. The van der Waals surface area contributed by atoms with Gasteiger partial charge in [-0.25, -0.2) is 8.42 Å². The number of alkyl halides is 2. The Kier molecular flexibility index (Phi) is 6.88. The van der Waals surface area contributed by atoms with Gasteiger partial charge in [-0.2, -0.15) is 8.78 Å². The van der Waals surface area contributed by atoms with Crippen molar-refractivity contribution in [3.8, 4) is 11.5 Å². The van der Waals surface area contributed by atoms with E-state index >= 15 is 0 Å². The fourth-order valence-electron chi connectivity index (χ4n) is 2.01. The Morgan fingerprint density at radius 3 is 2.18 bits per heavy atom. The van der Waals surface area contributed by atoms with E-state index in [1.807, 2.05) is 0 Å². The van der Waals surface area contributed by atoms with E-state index in [1.54, 1.807) is 24.3 Å². The van der Waals surface area contributed by atoms with E-state index in [0.717, 1.165) is 24.3 Å². The summed E-state index contributed by atoms with van der Waals surface area (Å²) in [5.74, 6) is -4.24. The number of amides is 2. The zero-order valence-electron chi connectivity index (χ0n) is 14.5. The van der Waals surface area contributed by atoms with E-state index in [4.69, 9.17) is 9.47 Å². The number of carbonyl (C=O) groups excluding carboxylic acids is 2. The molecule has 0 aliphatic rings. The maximum absolute atomic E-state index is 12.5. The summed E-state index contributed by atoms with van der Waals surface area (Å²) in [5.41, 5.74) is 4.16. The second-order valence-corrected chi connectivity index (χ2v) is 7.19. The first kappa shape index (κ1) is 21.1. The Bertz CT molecular complexity index is 948. The highest BCUT2D eigenvalue weighted by Crippen LogP contribution is 2.25. The van der Waals surface area contributed by atoms with Crippen LogP contribution >= 0.6 is 0 Å². The van der Waals surface area contributed by atoms with Crippen LogP contribution < -0.4 is 20.3 Å². The van der Waals surface area contributed by atoms with E-state index in [2.05, 4.69) is 10.9 Å². The van der Waals surface area contributed by atoms with Gasteiger partial charge in [-0.3, -0.25) is 20.4 Å². The van der Waals surface area contributed by atoms with Gasteiger partial charge in [0.2, 0.25) is 9.84 Å². The number of rotatable bonds is 7. The molecule has 0 atom stereocenters. The summed E-state index contributed by atoms with van der Waals surface area (Å²) in [4.78, 5) is 23.1. The third-order valence-electron chi connectivity index (χ3n) is 3.42. The van der Waals surface area contributed by atoms with Crippen LogP contribution in [0, 0.1) is 0 Å². The number of halogens is 2. The summed E-state index contributed by atoms with van der Waals surface area (Å²) >= 11 is 0. The van der Waals surface area contributed by atoms with Crippen LogP contribution in [0.15, 0.2) is 53.4 Å². The molecular weight excluding hydrogens is 398 g/mol. The largest absolute Gasteiger partial charge is 0.493 e. The molecule has 0 aromatic heterocycles. The minimum atomic E-state index is -4.75. The molecule has 28 heavy (non-hydrogen) atoms. The fourth-order valence-corrected chi connectivity index (χ4v) is 2.74. The highest BCUT2D eigenvalue weighted by molar-refractivity contribution is 7.91. The molecule has 0 radical (unpaired) electrons. The Morgan fingerprint density at radius 2 is 1.61 bits per heavy atom. The second kappa shape index (κ2) is 9.13. The number of hydrazine groups is 1. The molecule has 2 aromatic carbocycles. The van der Waals surface area contributed by atoms with Crippen molar-refractivity contribution in [1.82, 2.24) is 10.9 Å². The maximum Gasteiger partial charge on any atom is 0.341 e. The number of nitrogens with one attached hydrogen (secondary N) is 2. The molecule has 2 N–H and O–H groups in total. The lowest BCUT2D eigenvalue weighted by atomic mass is 10.2. The molecule has 2 aromatic rings. The SMILES string of the molecule is COc1ccccc1OCC(=O)NNC(=O)c1ccc(S(=O)(=O)C(F)F)cc1. The number of hydrogen-bond donors (Lipinski definition) is 2. The van der Waals surface area contributed by atoms with Crippen LogP contribution in [-0.4, -0.2) is 39.7 Å². The van der Waals surface area contributed by atoms with Gasteiger partial charge < -0.3 is 9.47 Å². The van der Waals surface area contributed by atoms with Crippen molar-refractivity contribution in [2.24, 2.45) is 0 Å². The minimum absolute atomic E-state index is 0.0424. The average Bonchev–Trinajstić information content (AvgIpc) is 2.70. The number of para-hydroxylation sites is 2. The Hall–Kier alpha value is -3.21. The topological polar surface area (TPSA) is 111 Å². The number of carbonyl (C=O) groups is 2. The third kappa shape index (κ3) is 5.16. The van der Waals surface area contributed by atoms with Crippen molar-refractivity contribution in [1.29, 1.82) is 0 Å². The molecule has 0 unspecified atom stereocenters. The number of methoxy groups -OCH3 is 1. The minimum Gasteiger partial charge on any atom is -0.493 e. The number of ether oxygens (including phenoxy) is 2. The molecule has 0 aliphatic heterocycles. The molecule has 0 saturated heterocycles. The summed E-state index contributed by atoms with van der Waals surface area (Å²) in [7, 11) is -3.30. The summed E-state index contributed by atoms with van der Waals surface area (Å²) in [6.07, 6.45) is 0. The molecule has 2 amide bonds. The van der Waals surface area contributed by atoms with Gasteiger partial charge in [0.05, 0.1) is 12.0 Å². The Balaban J connectivity index is 1.88. The molecule has 0 heterocycles. The van der Waals surface area contributed by atoms with Gasteiger partial charge in [0.1, 0.15) is 0 Å². The highest BCUT2D eigenvalue weighted by Gasteiger charge is 2.26. The van der Waals surface area contributed by atoms with Crippen molar-refractivity contribution >= 4 is 21.7 Å². The van der Waals surface area contributed by atoms with Gasteiger partial charge in [0.25, 0.3) is 11.8 Å². The first-order valence-corrected chi connectivity index (χ1v) is 9.27. The van der Waals surface area contributed by atoms with Crippen LogP contribution in [-0.2, 0) is 14.6 Å². The normalized spacial score (nSPS) is 11.0. The van der Waals surface area contributed by atoms with E-state index in [1.165, 1.54) is 7.11 Å². The molecule has 8 nitrogen and oxygen atoms in total. The quantitative estimate of drug-likeness (QED) is 0.665. The highest BCUT2D eigenvalue weighted by atomic mass is 32.2. The van der Waals surface area contributed by atoms with E-state index in [-0.39, 0.29) is 5.56 Å². The molecule has 0 saturated carbocycles. The first-order valence-electron chi connectivity index (χ1n) is 7.73. The zero-order chi connectivity index (χ0) is 20.7. The van der Waals surface area contributed by atoms with Gasteiger partial charge in [-0.1, -0.05) is 12.1 Å². The predicted octanol–water partition coefficient (Wildman–Crippen LogP) is 1.53. The monoisotopic (exact) mass is 414 g/mol. The van der Waals surface area contributed by atoms with E-state index in [0.29, 0.717) is 11.5 Å². The summed E-state index contributed by atoms with van der Waals surface area (Å²) in [5, 5.41) is 0. The molecule has 0 aliphatic carbocycles. The summed E-state index contributed by atoms with van der Waals surface area (Å²) < 4.78 is 58.0. The van der Waals surface area contributed by atoms with E-state index < -0.39 is 38.9 Å². The third-order valence-corrected chi connectivity index (χ3v) is 4.82. The summed E-state index contributed by atoms with van der Waals surface area (Å²) in [6.45, 7) is -0.410. The van der Waals surface area contributed by atoms with Crippen LogP contribution in [0.25, 0.3) is 0 Å². The van der Waals surface area contributed by atoms with Crippen molar-refractivity contribution in [3.05, 3.63) is 54.1 Å². The second-order valence-electron chi connectivity index (χ2n) is 5.27. The average molecular weight is 414 g/mol. The Morgan fingerprint density at radius 1 is 1.00 bits per heavy atom. The van der Waals surface area contributed by atoms with Crippen molar-refractivity contribution in [2.75, 3.05) is 13.7 Å². The first-order chi connectivity index (χ1) is 13.3. The van der Waals surface area contributed by atoms with Crippen LogP contribution in [0.3, 0.4) is 0 Å². The van der Waals surface area contributed by atoms with Gasteiger partial charge in [-0.05, 0) is 36.4 Å². The molecule has 2 rings (SSSR count). The van der Waals surface area contributed by atoms with Gasteiger partial charge in [-0.15, -0.1) is 0 Å². The zero-order valence-corrected chi connectivity index (χ0v) is 15.3. The van der Waals surface area contributed by atoms with Gasteiger partial charge in [0, 0.05) is 5.56 Å². The number of sulfone groups is 1. The van der Waals surface area contributed by atoms with Crippen LogP contribution in [0.2, 0.25) is 0 Å². The molecule has 150 valence electrons. The smallest absolute Gasteiger partial charge is 0.341 e. The molecule has 0 fully saturated rings. The maximum atomic E-state index is 12.5. The van der Waals surface area contributed by atoms with Crippen molar-refractivity contribution in [3.63, 3.8) is 0 Å². The van der Waals surface area contributed by atoms with Crippen LogP contribution in [0.1, 0.15) is 10.4 Å². The standard InChI is InChI=1S/C17H16F2N2O6S/c1-26-13-4-2-3-5-14(13)27-10-15(22)20-21-16(23)11-6-8-12(9-7-11)28(24,25)17(18)19/h2-9,17H,10H2,1H3,(H,20,22)(H,21,23). The van der Waals surface area contributed by atoms with Crippen molar-refractivity contribution in [2.45, 2.75) is 10.7 Å². The molecule has 0 spiro atoms. The van der Waals surface area contributed by atoms with Crippen LogP contribution in [0.5, 0.6) is 11.5 Å². The molecule has 0 bridgehead atoms. The number of benzene rings is 2. The van der Waals surface area contributed by atoms with E-state index in [9.17, 15) is 26.8 Å². The van der Waals surface area contributed by atoms with Crippen LogP contribution in [0.4, 0.5) is 8.78 Å². The Labute approximate surface area is 159 Å². The van der Waals surface area contributed by atoms with Gasteiger partial charge in [0.15, 0.2) is 18.1 Å². The fraction of sp³-hybridized carbons (Fsp3) is 0.176. The molecular formula is C17H16F2N2O6S. The van der Waals surface area contributed by atoms with Crippen molar-refractivity contribution < 1.29 is 36.3 Å². The molecule has 11 heteroatoms. The van der Waals surface area contributed by atoms with Gasteiger partial charge >= 0.3 is 5.76 Å².